The summed E-state index contributed by atoms with van der Waals surface area (Å²) >= 11 is -0.952. The fraction of sp³-hybridized carbons (Fsp3) is 1.00. The Morgan fingerprint density at radius 2 is 1.57 bits per heavy atom. The SMILES string of the molecule is CCC[CH2][Al]([CH2]CCC)[O]C(CC)C1CCN(CC)CC1. The van der Waals surface area contributed by atoms with Gasteiger partial charge in [0.2, 0.25) is 0 Å². The molecule has 0 N–H and O–H groups in total. The van der Waals surface area contributed by atoms with Crippen LogP contribution in [0, 0.1) is 5.92 Å². The van der Waals surface area contributed by atoms with Gasteiger partial charge in [0.25, 0.3) is 0 Å². The average molecular weight is 311 g/mol. The summed E-state index contributed by atoms with van der Waals surface area (Å²) in [6, 6.07) is 0. The van der Waals surface area contributed by atoms with E-state index >= 15 is 0 Å². The van der Waals surface area contributed by atoms with Crippen LogP contribution in [0.2, 0.25) is 10.6 Å². The standard InChI is InChI=1S/C10H20NO.2C4H9.Al/c1-3-10(12)9-5-7-11(4-2)8-6-9;2*1-3-4-2;/h9-10H,3-8H2,1-2H3;2*1,3-4H2,2H3;/q-1;;;+1. The lowest BCUT2D eigenvalue weighted by Crippen LogP contribution is -2.40. The van der Waals surface area contributed by atoms with Gasteiger partial charge in [0.05, 0.1) is 0 Å². The minimum Gasteiger partial charge on any atom is -0.498 e. The van der Waals surface area contributed by atoms with Crippen LogP contribution in [0.25, 0.3) is 0 Å². The van der Waals surface area contributed by atoms with E-state index in [1.54, 1.807) is 0 Å². The first-order chi connectivity index (χ1) is 10.2. The second kappa shape index (κ2) is 11.9. The van der Waals surface area contributed by atoms with Crippen LogP contribution in [0.1, 0.15) is 72.6 Å². The molecule has 3 heteroatoms. The molecule has 1 heterocycles. The van der Waals surface area contributed by atoms with E-state index in [4.69, 9.17) is 3.79 Å². The van der Waals surface area contributed by atoms with Gasteiger partial charge in [-0.05, 0) is 44.8 Å². The fourth-order valence-corrected chi connectivity index (χ4v) is 6.77. The van der Waals surface area contributed by atoms with Crippen LogP contribution in [0.15, 0.2) is 0 Å². The number of piperidine rings is 1. The number of likely N-dealkylation sites (tertiary alicyclic amines) is 1. The van der Waals surface area contributed by atoms with E-state index in [1.165, 1.54) is 75.1 Å². The average Bonchev–Trinajstić information content (AvgIpc) is 2.54. The topological polar surface area (TPSA) is 12.5 Å². The Labute approximate surface area is 138 Å². The summed E-state index contributed by atoms with van der Waals surface area (Å²) < 4.78 is 6.73. The molecular formula is C18H38AlNO. The molecule has 0 aromatic carbocycles. The second-order valence-electron chi connectivity index (χ2n) is 6.76. The van der Waals surface area contributed by atoms with Gasteiger partial charge >= 0.3 is 14.5 Å². The number of hydrogen-bond donors (Lipinski definition) is 0. The minimum atomic E-state index is -0.952. The van der Waals surface area contributed by atoms with Gasteiger partial charge in [0, 0.05) is 6.10 Å². The Bertz CT molecular complexity index is 233. The number of unbranched alkanes of at least 4 members (excludes halogenated alkanes) is 2. The zero-order chi connectivity index (χ0) is 15.5. The Balaban J connectivity index is 2.44. The zero-order valence-electron chi connectivity index (χ0n) is 15.1. The molecule has 1 rings (SSSR count). The zero-order valence-corrected chi connectivity index (χ0v) is 16.2. The van der Waals surface area contributed by atoms with Crippen molar-refractivity contribution >= 4 is 14.5 Å². The van der Waals surface area contributed by atoms with Gasteiger partial charge in [0.15, 0.2) is 0 Å². The van der Waals surface area contributed by atoms with Gasteiger partial charge in [-0.1, -0.05) is 63.9 Å². The Morgan fingerprint density at radius 3 is 2.00 bits per heavy atom. The van der Waals surface area contributed by atoms with Crippen LogP contribution < -0.4 is 0 Å². The minimum absolute atomic E-state index is 0.564. The molecule has 1 unspecified atom stereocenters. The molecule has 0 amide bonds. The molecule has 0 aliphatic carbocycles. The van der Waals surface area contributed by atoms with E-state index in [2.05, 4.69) is 32.6 Å². The highest BCUT2D eigenvalue weighted by atomic mass is 27.2. The first-order valence-electron chi connectivity index (χ1n) is 9.62. The van der Waals surface area contributed by atoms with E-state index in [0.29, 0.717) is 6.10 Å². The van der Waals surface area contributed by atoms with Crippen LogP contribution in [0.3, 0.4) is 0 Å². The van der Waals surface area contributed by atoms with Gasteiger partial charge in [-0.3, -0.25) is 0 Å². The van der Waals surface area contributed by atoms with Gasteiger partial charge in [-0.2, -0.15) is 0 Å². The van der Waals surface area contributed by atoms with Crippen molar-refractivity contribution in [2.24, 2.45) is 5.92 Å². The number of hydrogen-bond acceptors (Lipinski definition) is 2. The molecule has 0 radical (unpaired) electrons. The summed E-state index contributed by atoms with van der Waals surface area (Å²) in [4.78, 5) is 2.59. The largest absolute Gasteiger partial charge is 0.498 e. The van der Waals surface area contributed by atoms with Gasteiger partial charge in [-0.15, -0.1) is 0 Å². The highest BCUT2D eigenvalue weighted by Gasteiger charge is 2.29. The van der Waals surface area contributed by atoms with Crippen LogP contribution in [-0.4, -0.2) is 45.1 Å². The third-order valence-corrected chi connectivity index (χ3v) is 7.97. The molecule has 124 valence electrons. The summed E-state index contributed by atoms with van der Waals surface area (Å²) in [5, 5.41) is 2.81. The van der Waals surface area contributed by atoms with Gasteiger partial charge in [-0.25, -0.2) is 0 Å². The molecule has 1 aliphatic heterocycles. The molecule has 1 aliphatic rings. The summed E-state index contributed by atoms with van der Waals surface area (Å²) in [6.07, 6.45) is 9.91. The lowest BCUT2D eigenvalue weighted by molar-refractivity contribution is 0.0736. The summed E-state index contributed by atoms with van der Waals surface area (Å²) in [7, 11) is 0. The molecule has 0 spiro atoms. The highest BCUT2D eigenvalue weighted by Crippen LogP contribution is 2.26. The second-order valence-corrected chi connectivity index (χ2v) is 9.43. The summed E-state index contributed by atoms with van der Waals surface area (Å²) in [5.74, 6) is 0.830. The number of rotatable bonds is 11. The normalized spacial score (nSPS) is 18.9. The molecule has 1 fully saturated rings. The van der Waals surface area contributed by atoms with Crippen LogP contribution >= 0.6 is 0 Å². The van der Waals surface area contributed by atoms with E-state index < -0.39 is 14.5 Å². The third kappa shape index (κ3) is 7.51. The predicted octanol–water partition coefficient (Wildman–Crippen LogP) is 5.11. The van der Waals surface area contributed by atoms with Crippen molar-refractivity contribution in [3.63, 3.8) is 0 Å². The molecular weight excluding hydrogens is 273 g/mol. The number of nitrogens with zero attached hydrogens (tertiary/aromatic N) is 1. The van der Waals surface area contributed by atoms with Gasteiger partial charge < -0.3 is 8.69 Å². The predicted molar refractivity (Wildman–Crippen MR) is 95.2 cm³/mol. The highest BCUT2D eigenvalue weighted by molar-refractivity contribution is 6.51. The smallest absolute Gasteiger partial charge is 0.460 e. The Hall–Kier alpha value is 0.452. The van der Waals surface area contributed by atoms with Crippen molar-refractivity contribution < 1.29 is 3.79 Å². The quantitative estimate of drug-likeness (QED) is 0.492. The fourth-order valence-electron chi connectivity index (χ4n) is 3.57. The molecule has 0 aromatic heterocycles. The van der Waals surface area contributed by atoms with Crippen molar-refractivity contribution in [3.05, 3.63) is 0 Å². The van der Waals surface area contributed by atoms with E-state index in [1.807, 2.05) is 0 Å². The lowest BCUT2D eigenvalue weighted by Gasteiger charge is -2.37. The lowest BCUT2D eigenvalue weighted by atomic mass is 9.90. The van der Waals surface area contributed by atoms with Crippen LogP contribution in [-0.2, 0) is 3.79 Å². The molecule has 1 saturated heterocycles. The van der Waals surface area contributed by atoms with E-state index in [-0.39, 0.29) is 0 Å². The van der Waals surface area contributed by atoms with Crippen LogP contribution in [0.5, 0.6) is 0 Å². The maximum atomic E-state index is 6.73. The Kier molecular flexibility index (Phi) is 11.1. The van der Waals surface area contributed by atoms with Crippen molar-refractivity contribution in [1.82, 2.24) is 4.90 Å². The van der Waals surface area contributed by atoms with Crippen molar-refractivity contribution in [2.75, 3.05) is 19.6 Å². The first-order valence-corrected chi connectivity index (χ1v) is 11.7. The molecule has 0 aromatic rings. The van der Waals surface area contributed by atoms with Crippen molar-refractivity contribution in [1.29, 1.82) is 0 Å². The summed E-state index contributed by atoms with van der Waals surface area (Å²) in [5.41, 5.74) is 0. The van der Waals surface area contributed by atoms with Gasteiger partial charge in [0.1, 0.15) is 0 Å². The van der Waals surface area contributed by atoms with Crippen molar-refractivity contribution in [2.45, 2.75) is 89.3 Å². The van der Waals surface area contributed by atoms with Crippen LogP contribution in [0.4, 0.5) is 0 Å². The maximum Gasteiger partial charge on any atom is 0.460 e. The molecule has 0 saturated carbocycles. The Morgan fingerprint density at radius 1 is 1.00 bits per heavy atom. The van der Waals surface area contributed by atoms with E-state index in [0.717, 1.165) is 5.92 Å². The van der Waals surface area contributed by atoms with E-state index in [9.17, 15) is 0 Å². The molecule has 0 bridgehead atoms. The summed E-state index contributed by atoms with van der Waals surface area (Å²) in [6.45, 7) is 13.0. The monoisotopic (exact) mass is 311 g/mol. The molecule has 2 nitrogen and oxygen atoms in total. The molecule has 21 heavy (non-hydrogen) atoms. The van der Waals surface area contributed by atoms with Crippen molar-refractivity contribution in [3.8, 4) is 0 Å². The molecule has 1 atom stereocenters. The maximum absolute atomic E-state index is 6.73. The first kappa shape index (κ1) is 19.5. The third-order valence-electron chi connectivity index (χ3n) is 5.13.